The highest BCUT2D eigenvalue weighted by molar-refractivity contribution is 6.76. The summed E-state index contributed by atoms with van der Waals surface area (Å²) in [6.07, 6.45) is 0. The molecule has 0 heterocycles. The minimum absolute atomic E-state index is 0.858. The molecule has 0 radical (unpaired) electrons. The van der Waals surface area contributed by atoms with Crippen LogP contribution in [0.25, 0.3) is 0 Å². The van der Waals surface area contributed by atoms with Gasteiger partial charge in [0.25, 0.3) is 0 Å². The quantitative estimate of drug-likeness (QED) is 0.578. The van der Waals surface area contributed by atoms with Crippen molar-refractivity contribution in [1.29, 1.82) is 0 Å². The highest BCUT2D eigenvalue weighted by Crippen LogP contribution is 2.06. The molecule has 1 aromatic carbocycles. The minimum Gasteiger partial charge on any atom is -0.313 e. The molecule has 0 amide bonds. The molecule has 0 saturated carbocycles. The smallest absolute Gasteiger partial charge is 0.0455 e. The summed E-state index contributed by atoms with van der Waals surface area (Å²) in [4.78, 5) is 0. The van der Waals surface area contributed by atoms with Gasteiger partial charge in [0, 0.05) is 14.6 Å². The van der Waals surface area contributed by atoms with Crippen LogP contribution in [-0.4, -0.2) is 14.6 Å². The molecule has 78 valence electrons. The Hall–Kier alpha value is -0.603. The summed E-state index contributed by atoms with van der Waals surface area (Å²) < 4.78 is 0. The van der Waals surface area contributed by atoms with Crippen molar-refractivity contribution in [3.63, 3.8) is 0 Å². The topological polar surface area (TPSA) is 12.0 Å². The molecule has 0 aliphatic carbocycles. The minimum atomic E-state index is -0.858. The second-order valence-corrected chi connectivity index (χ2v) is 10.6. The zero-order valence-electron chi connectivity index (χ0n) is 9.51. The van der Waals surface area contributed by atoms with E-state index < -0.39 is 8.07 Å². The third-order valence-corrected chi connectivity index (χ3v) is 3.97. The maximum absolute atomic E-state index is 3.49. The standard InChI is InChI=1S/C12H21NSi/c1-14(2,3)10-9-13-11-12-7-5-4-6-8-12/h4-8,13H,9-11H2,1-3H3. The van der Waals surface area contributed by atoms with E-state index >= 15 is 0 Å². The highest BCUT2D eigenvalue weighted by Gasteiger charge is 2.11. The lowest BCUT2D eigenvalue weighted by Crippen LogP contribution is -2.26. The van der Waals surface area contributed by atoms with Crippen molar-refractivity contribution in [2.75, 3.05) is 6.54 Å². The molecule has 1 rings (SSSR count). The molecule has 0 spiro atoms. The maximum atomic E-state index is 3.49. The second-order valence-electron chi connectivity index (χ2n) is 4.97. The SMILES string of the molecule is C[Si](C)(C)CCNCc1ccccc1. The van der Waals surface area contributed by atoms with Crippen molar-refractivity contribution in [2.24, 2.45) is 0 Å². The van der Waals surface area contributed by atoms with Gasteiger partial charge in [-0.15, -0.1) is 0 Å². The van der Waals surface area contributed by atoms with Crippen LogP contribution in [0, 0.1) is 0 Å². The van der Waals surface area contributed by atoms with Gasteiger partial charge in [-0.2, -0.15) is 0 Å². The summed E-state index contributed by atoms with van der Waals surface area (Å²) in [7, 11) is -0.858. The lowest BCUT2D eigenvalue weighted by atomic mass is 10.2. The van der Waals surface area contributed by atoms with E-state index in [0.29, 0.717) is 0 Å². The van der Waals surface area contributed by atoms with Crippen LogP contribution in [0.4, 0.5) is 0 Å². The number of hydrogen-bond donors (Lipinski definition) is 1. The molecule has 1 N–H and O–H groups in total. The Morgan fingerprint density at radius 1 is 1.07 bits per heavy atom. The largest absolute Gasteiger partial charge is 0.313 e. The van der Waals surface area contributed by atoms with Gasteiger partial charge in [0.15, 0.2) is 0 Å². The molecule has 0 aromatic heterocycles. The maximum Gasteiger partial charge on any atom is 0.0455 e. The fourth-order valence-corrected chi connectivity index (χ4v) is 2.22. The monoisotopic (exact) mass is 207 g/mol. The van der Waals surface area contributed by atoms with Gasteiger partial charge in [-0.05, 0) is 18.2 Å². The third-order valence-electron chi connectivity index (χ3n) is 2.22. The van der Waals surface area contributed by atoms with E-state index in [0.717, 1.165) is 13.1 Å². The Balaban J connectivity index is 2.17. The van der Waals surface area contributed by atoms with E-state index in [1.807, 2.05) is 0 Å². The number of hydrogen-bond acceptors (Lipinski definition) is 1. The molecular formula is C12H21NSi. The van der Waals surface area contributed by atoms with Crippen molar-refractivity contribution in [3.05, 3.63) is 35.9 Å². The molecule has 0 saturated heterocycles. The highest BCUT2D eigenvalue weighted by atomic mass is 28.3. The first-order chi connectivity index (χ1) is 6.58. The molecule has 0 aliphatic heterocycles. The summed E-state index contributed by atoms with van der Waals surface area (Å²) in [5, 5.41) is 3.49. The Labute approximate surface area is 88.6 Å². The van der Waals surface area contributed by atoms with Gasteiger partial charge >= 0.3 is 0 Å². The van der Waals surface area contributed by atoms with Crippen LogP contribution in [0.2, 0.25) is 25.7 Å². The van der Waals surface area contributed by atoms with Crippen LogP contribution >= 0.6 is 0 Å². The Bertz CT molecular complexity index is 251. The summed E-state index contributed by atoms with van der Waals surface area (Å²) in [5.41, 5.74) is 1.38. The fraction of sp³-hybridized carbons (Fsp3) is 0.500. The van der Waals surface area contributed by atoms with Crippen LogP contribution in [0.15, 0.2) is 30.3 Å². The van der Waals surface area contributed by atoms with E-state index in [1.165, 1.54) is 11.6 Å². The molecule has 0 bridgehead atoms. The molecule has 1 aromatic rings. The van der Waals surface area contributed by atoms with E-state index in [2.05, 4.69) is 55.3 Å². The van der Waals surface area contributed by atoms with Crippen LogP contribution < -0.4 is 5.32 Å². The predicted molar refractivity (Wildman–Crippen MR) is 66.3 cm³/mol. The average Bonchev–Trinajstić information content (AvgIpc) is 2.13. The molecule has 0 aliphatic rings. The van der Waals surface area contributed by atoms with Crippen molar-refractivity contribution < 1.29 is 0 Å². The van der Waals surface area contributed by atoms with Gasteiger partial charge in [0.1, 0.15) is 0 Å². The molecular weight excluding hydrogens is 186 g/mol. The normalized spacial score (nSPS) is 11.6. The molecule has 0 atom stereocenters. The first kappa shape index (κ1) is 11.5. The lowest BCUT2D eigenvalue weighted by Gasteiger charge is -2.15. The van der Waals surface area contributed by atoms with Gasteiger partial charge < -0.3 is 5.32 Å². The number of rotatable bonds is 5. The fourth-order valence-electron chi connectivity index (χ4n) is 1.29. The third kappa shape index (κ3) is 5.20. The Morgan fingerprint density at radius 3 is 2.29 bits per heavy atom. The van der Waals surface area contributed by atoms with E-state index in [-0.39, 0.29) is 0 Å². The van der Waals surface area contributed by atoms with Crippen molar-refractivity contribution in [1.82, 2.24) is 5.32 Å². The van der Waals surface area contributed by atoms with Gasteiger partial charge in [0.2, 0.25) is 0 Å². The van der Waals surface area contributed by atoms with Crippen LogP contribution in [0.1, 0.15) is 5.56 Å². The molecule has 1 nitrogen and oxygen atoms in total. The lowest BCUT2D eigenvalue weighted by molar-refractivity contribution is 0.720. The summed E-state index contributed by atoms with van der Waals surface area (Å²) in [5.74, 6) is 0. The number of nitrogens with one attached hydrogen (secondary N) is 1. The van der Waals surface area contributed by atoms with Crippen molar-refractivity contribution in [2.45, 2.75) is 32.2 Å². The van der Waals surface area contributed by atoms with E-state index in [9.17, 15) is 0 Å². The van der Waals surface area contributed by atoms with Crippen LogP contribution in [-0.2, 0) is 6.54 Å². The first-order valence-electron chi connectivity index (χ1n) is 5.32. The van der Waals surface area contributed by atoms with Gasteiger partial charge in [-0.1, -0.05) is 50.0 Å². The summed E-state index contributed by atoms with van der Waals surface area (Å²) in [6, 6.07) is 11.9. The van der Waals surface area contributed by atoms with Crippen molar-refractivity contribution in [3.8, 4) is 0 Å². The zero-order valence-corrected chi connectivity index (χ0v) is 10.5. The number of benzene rings is 1. The Morgan fingerprint density at radius 2 is 1.71 bits per heavy atom. The van der Waals surface area contributed by atoms with E-state index in [4.69, 9.17) is 0 Å². The zero-order chi connectivity index (χ0) is 10.4. The van der Waals surface area contributed by atoms with E-state index in [1.54, 1.807) is 0 Å². The second kappa shape index (κ2) is 5.32. The van der Waals surface area contributed by atoms with Gasteiger partial charge in [0.05, 0.1) is 0 Å². The Kier molecular flexibility index (Phi) is 4.36. The van der Waals surface area contributed by atoms with Crippen LogP contribution in [0.3, 0.4) is 0 Å². The molecule has 0 unspecified atom stereocenters. The molecule has 2 heteroatoms. The van der Waals surface area contributed by atoms with Crippen molar-refractivity contribution >= 4 is 8.07 Å². The summed E-state index contributed by atoms with van der Waals surface area (Å²) in [6.45, 7) is 9.40. The van der Waals surface area contributed by atoms with Gasteiger partial charge in [-0.3, -0.25) is 0 Å². The average molecular weight is 207 g/mol. The van der Waals surface area contributed by atoms with Crippen LogP contribution in [0.5, 0.6) is 0 Å². The molecule has 0 fully saturated rings. The summed E-state index contributed by atoms with van der Waals surface area (Å²) >= 11 is 0. The van der Waals surface area contributed by atoms with Gasteiger partial charge in [-0.25, -0.2) is 0 Å². The predicted octanol–water partition coefficient (Wildman–Crippen LogP) is 3.11. The molecule has 14 heavy (non-hydrogen) atoms. The first-order valence-corrected chi connectivity index (χ1v) is 9.03.